The Morgan fingerprint density at radius 1 is 0.425 bits per heavy atom. The maximum absolute atomic E-state index is 11.6. The Hall–Kier alpha value is -3.62. The van der Waals surface area contributed by atoms with Gasteiger partial charge in [-0.3, -0.25) is 19.6 Å². The number of phenols is 2. The minimum absolute atomic E-state index is 0.00438. The van der Waals surface area contributed by atoms with E-state index in [9.17, 15) is 38.9 Å². The van der Waals surface area contributed by atoms with Gasteiger partial charge in [-0.1, -0.05) is 24.3 Å². The number of phosphoric acid groups is 2. The third-order valence-corrected chi connectivity index (χ3v) is 7.11. The Morgan fingerprint density at radius 3 is 0.875 bits per heavy atom. The molecule has 10 nitrogen and oxygen atoms in total. The zero-order chi connectivity index (χ0) is 28.7. The summed E-state index contributed by atoms with van der Waals surface area (Å²) in [7, 11) is -9.63. The molecule has 0 heterocycles. The van der Waals surface area contributed by atoms with Gasteiger partial charge in [-0.05, 0) is 119 Å². The fourth-order valence-corrected chi connectivity index (χ4v) is 5.84. The van der Waals surface area contributed by atoms with Crippen molar-refractivity contribution in [2.75, 3.05) is 0 Å². The molecule has 40 heavy (non-hydrogen) atoms. The fraction of sp³-hybridized carbons (Fsp3) is 0.143. The second kappa shape index (κ2) is 10.7. The molecule has 0 aliphatic heterocycles. The van der Waals surface area contributed by atoms with Gasteiger partial charge in [0.1, 0.15) is 23.0 Å². The molecular weight excluding hydrogens is 558 g/mol. The summed E-state index contributed by atoms with van der Waals surface area (Å²) in [6.45, 7) is 0. The summed E-state index contributed by atoms with van der Waals surface area (Å²) < 4.78 is 32.9. The SMILES string of the molecule is O=P(O)(O)Oc1cc2cc(c1)Cc1cc(O)cc(c1)Cc1cc(cc(OP(=O)(O)O)c1)Cc1cc(O)cc(c1)C2. The van der Waals surface area contributed by atoms with E-state index in [0.717, 1.165) is 22.3 Å². The Kier molecular flexibility index (Phi) is 7.50. The average molecular weight is 584 g/mol. The lowest BCUT2D eigenvalue weighted by Gasteiger charge is -2.15. The van der Waals surface area contributed by atoms with E-state index in [-0.39, 0.29) is 23.0 Å². The second-order valence-corrected chi connectivity index (χ2v) is 12.2. The standard InChI is InChI=1S/C28H26O10P2/c29-25-9-17-1-18(10-25)4-22-8-24(16-28(14-22)38-40(34,35)36)6-20-2-19(11-26(30)12-20)5-23-7-21(3-17)13-27(15-23)37-39(31,32)33/h1-2,7-16,29-30H,3-6H2,(H2,31,32,33)(H2,34,35,36). The largest absolute Gasteiger partial charge is 0.524 e. The van der Waals surface area contributed by atoms with Gasteiger partial charge in [0.2, 0.25) is 0 Å². The number of rotatable bonds is 4. The van der Waals surface area contributed by atoms with E-state index in [1.54, 1.807) is 24.3 Å². The van der Waals surface area contributed by atoms with Crippen molar-refractivity contribution in [1.29, 1.82) is 0 Å². The van der Waals surface area contributed by atoms with Crippen molar-refractivity contribution in [2.24, 2.45) is 0 Å². The maximum Gasteiger partial charge on any atom is 0.524 e. The molecule has 4 aromatic carbocycles. The molecule has 0 amide bonds. The Labute approximate surface area is 229 Å². The van der Waals surface area contributed by atoms with Gasteiger partial charge in [0.25, 0.3) is 0 Å². The predicted molar refractivity (Wildman–Crippen MR) is 146 cm³/mol. The molecule has 1 aliphatic rings. The highest BCUT2D eigenvalue weighted by Crippen LogP contribution is 2.40. The summed E-state index contributed by atoms with van der Waals surface area (Å²) in [6.07, 6.45) is 1.24. The van der Waals surface area contributed by atoms with E-state index in [4.69, 9.17) is 9.05 Å². The van der Waals surface area contributed by atoms with Crippen LogP contribution in [-0.4, -0.2) is 29.8 Å². The molecule has 0 saturated carbocycles. The van der Waals surface area contributed by atoms with Gasteiger partial charge in [0.05, 0.1) is 0 Å². The Balaban J connectivity index is 1.66. The molecule has 8 bridgehead atoms. The van der Waals surface area contributed by atoms with E-state index in [0.29, 0.717) is 47.9 Å². The van der Waals surface area contributed by atoms with Crippen LogP contribution in [0, 0.1) is 0 Å². The Morgan fingerprint density at radius 2 is 0.650 bits per heavy atom. The summed E-state index contributed by atoms with van der Waals surface area (Å²) in [4.78, 5) is 37.6. The van der Waals surface area contributed by atoms with E-state index < -0.39 is 15.6 Å². The second-order valence-electron chi connectivity index (χ2n) is 9.86. The van der Waals surface area contributed by atoms with Gasteiger partial charge >= 0.3 is 15.6 Å². The van der Waals surface area contributed by atoms with E-state index >= 15 is 0 Å². The number of aromatic hydroxyl groups is 2. The monoisotopic (exact) mass is 584 g/mol. The lowest BCUT2D eigenvalue weighted by Crippen LogP contribution is -2.00. The highest BCUT2D eigenvalue weighted by molar-refractivity contribution is 7.47. The van der Waals surface area contributed by atoms with Gasteiger partial charge in [0, 0.05) is 0 Å². The Bertz CT molecular complexity index is 1480. The van der Waals surface area contributed by atoms with Crippen LogP contribution in [0.3, 0.4) is 0 Å². The summed E-state index contributed by atoms with van der Waals surface area (Å²) in [5.41, 5.74) is 5.64. The molecule has 0 spiro atoms. The molecule has 0 atom stereocenters. The van der Waals surface area contributed by atoms with Crippen LogP contribution in [0.25, 0.3) is 0 Å². The van der Waals surface area contributed by atoms with Gasteiger partial charge in [0.15, 0.2) is 0 Å². The van der Waals surface area contributed by atoms with Gasteiger partial charge in [-0.2, -0.15) is 0 Å². The number of hydrogen-bond donors (Lipinski definition) is 6. The normalized spacial score (nSPS) is 13.5. The summed E-state index contributed by atoms with van der Waals surface area (Å²) >= 11 is 0. The van der Waals surface area contributed by atoms with Crippen LogP contribution in [0.2, 0.25) is 0 Å². The summed E-state index contributed by atoms with van der Waals surface area (Å²) in [5, 5.41) is 20.9. The number of benzene rings is 4. The average Bonchev–Trinajstić information content (AvgIpc) is 2.75. The van der Waals surface area contributed by atoms with Crippen molar-refractivity contribution in [3.8, 4) is 23.0 Å². The molecule has 0 saturated heterocycles. The van der Waals surface area contributed by atoms with E-state index in [1.807, 2.05) is 24.3 Å². The highest BCUT2D eigenvalue weighted by Gasteiger charge is 2.19. The lowest BCUT2D eigenvalue weighted by atomic mass is 9.93. The molecule has 12 heteroatoms. The number of fused-ring (bicyclic) bond motifs is 8. The van der Waals surface area contributed by atoms with Crippen LogP contribution in [-0.2, 0) is 34.8 Å². The van der Waals surface area contributed by atoms with Crippen molar-refractivity contribution in [3.05, 3.63) is 117 Å². The third kappa shape index (κ3) is 7.73. The summed E-state index contributed by atoms with van der Waals surface area (Å²) in [5.74, 6) is 0.0278. The first-order valence-electron chi connectivity index (χ1n) is 12.1. The number of hydrogen-bond acceptors (Lipinski definition) is 6. The molecule has 0 unspecified atom stereocenters. The zero-order valence-corrected chi connectivity index (χ0v) is 22.8. The first-order chi connectivity index (χ1) is 18.7. The third-order valence-electron chi connectivity index (χ3n) is 6.21. The molecule has 5 rings (SSSR count). The molecule has 208 valence electrons. The fourth-order valence-electron chi connectivity index (χ4n) is 5.08. The zero-order valence-electron chi connectivity index (χ0n) is 21.0. The van der Waals surface area contributed by atoms with Crippen LogP contribution >= 0.6 is 15.6 Å². The van der Waals surface area contributed by atoms with Crippen LogP contribution in [0.4, 0.5) is 0 Å². The molecular formula is C28H26O10P2. The van der Waals surface area contributed by atoms with Crippen molar-refractivity contribution in [3.63, 3.8) is 0 Å². The smallest absolute Gasteiger partial charge is 0.508 e. The quantitative estimate of drug-likeness (QED) is 0.162. The molecule has 1 aliphatic carbocycles. The van der Waals surface area contributed by atoms with Crippen LogP contribution in [0.1, 0.15) is 44.5 Å². The molecule has 6 N–H and O–H groups in total. The lowest BCUT2D eigenvalue weighted by molar-refractivity contribution is 0.280. The van der Waals surface area contributed by atoms with Crippen molar-refractivity contribution >= 4 is 15.6 Å². The molecule has 0 radical (unpaired) electrons. The van der Waals surface area contributed by atoms with Crippen LogP contribution < -0.4 is 9.05 Å². The van der Waals surface area contributed by atoms with Gasteiger partial charge in [-0.25, -0.2) is 9.13 Å². The van der Waals surface area contributed by atoms with E-state index in [1.165, 1.54) is 24.3 Å². The number of phenolic OH excluding ortho intramolecular Hbond substituents is 2. The van der Waals surface area contributed by atoms with Crippen LogP contribution in [0.15, 0.2) is 72.8 Å². The molecule has 0 aromatic heterocycles. The highest BCUT2D eigenvalue weighted by atomic mass is 31.2. The summed E-state index contributed by atoms with van der Waals surface area (Å²) in [6, 6.07) is 19.9. The maximum atomic E-state index is 11.6. The van der Waals surface area contributed by atoms with Crippen LogP contribution in [0.5, 0.6) is 23.0 Å². The van der Waals surface area contributed by atoms with E-state index in [2.05, 4.69) is 0 Å². The van der Waals surface area contributed by atoms with Crippen molar-refractivity contribution in [1.82, 2.24) is 0 Å². The van der Waals surface area contributed by atoms with Gasteiger partial charge in [-0.15, -0.1) is 0 Å². The first-order valence-corrected chi connectivity index (χ1v) is 15.2. The minimum atomic E-state index is -4.82. The molecule has 0 fully saturated rings. The topological polar surface area (TPSA) is 174 Å². The first kappa shape index (κ1) is 27.9. The van der Waals surface area contributed by atoms with Crippen molar-refractivity contribution < 1.29 is 48.0 Å². The number of phosphoric ester groups is 2. The van der Waals surface area contributed by atoms with Crippen molar-refractivity contribution in [2.45, 2.75) is 25.7 Å². The minimum Gasteiger partial charge on any atom is -0.508 e. The predicted octanol–water partition coefficient (Wildman–Crippen LogP) is 4.72. The van der Waals surface area contributed by atoms with Gasteiger partial charge < -0.3 is 19.3 Å². The molecule has 4 aromatic rings.